The first-order valence-electron chi connectivity index (χ1n) is 9.18. The van der Waals surface area contributed by atoms with Gasteiger partial charge in [0.15, 0.2) is 0 Å². The number of aliphatic hydroxyl groups is 1. The molecular formula is C20H25N3O2. The largest absolute Gasteiger partial charge is 0.387 e. The van der Waals surface area contributed by atoms with E-state index in [-0.39, 0.29) is 17.5 Å². The highest BCUT2D eigenvalue weighted by Gasteiger charge is 2.53. The molecule has 25 heavy (non-hydrogen) atoms. The van der Waals surface area contributed by atoms with Gasteiger partial charge in [0.2, 0.25) is 0 Å². The average molecular weight is 339 g/mol. The monoisotopic (exact) mass is 339 g/mol. The van der Waals surface area contributed by atoms with E-state index in [1.54, 1.807) is 12.3 Å². The molecule has 1 aromatic heterocycles. The summed E-state index contributed by atoms with van der Waals surface area (Å²) in [5.41, 5.74) is 0.660. The Morgan fingerprint density at radius 3 is 2.60 bits per heavy atom. The number of benzene rings is 1. The molecule has 2 fully saturated rings. The van der Waals surface area contributed by atoms with Crippen molar-refractivity contribution in [2.24, 2.45) is 5.41 Å². The van der Waals surface area contributed by atoms with Crippen molar-refractivity contribution < 1.29 is 5.11 Å². The summed E-state index contributed by atoms with van der Waals surface area (Å²) in [4.78, 5) is 12.6. The molecule has 132 valence electrons. The SMILES string of the molecule is O=c1cc(-c2ccccc2)cnn1CC1(O)CCNCC12CCCC2. The zero-order valence-electron chi connectivity index (χ0n) is 14.4. The molecule has 5 nitrogen and oxygen atoms in total. The van der Waals surface area contributed by atoms with Crippen molar-refractivity contribution in [1.29, 1.82) is 0 Å². The first-order valence-corrected chi connectivity index (χ1v) is 9.18. The van der Waals surface area contributed by atoms with Gasteiger partial charge in [-0.05, 0) is 31.4 Å². The van der Waals surface area contributed by atoms with Crippen LogP contribution in [0, 0.1) is 5.41 Å². The van der Waals surface area contributed by atoms with Gasteiger partial charge < -0.3 is 10.4 Å². The van der Waals surface area contributed by atoms with Crippen LogP contribution in [0.15, 0.2) is 47.4 Å². The van der Waals surface area contributed by atoms with Crippen molar-refractivity contribution in [2.75, 3.05) is 13.1 Å². The van der Waals surface area contributed by atoms with Gasteiger partial charge >= 0.3 is 0 Å². The van der Waals surface area contributed by atoms with Crippen LogP contribution in [-0.2, 0) is 6.54 Å². The van der Waals surface area contributed by atoms with E-state index < -0.39 is 5.60 Å². The Hall–Kier alpha value is -1.98. The predicted octanol–water partition coefficient (Wildman–Crippen LogP) is 2.20. The molecule has 1 aromatic carbocycles. The highest BCUT2D eigenvalue weighted by atomic mass is 16.3. The molecule has 1 atom stereocenters. The number of piperidine rings is 1. The Kier molecular flexibility index (Phi) is 4.21. The summed E-state index contributed by atoms with van der Waals surface area (Å²) in [6, 6.07) is 11.4. The molecule has 0 amide bonds. The van der Waals surface area contributed by atoms with Crippen molar-refractivity contribution in [1.82, 2.24) is 15.1 Å². The molecule has 4 rings (SSSR count). The van der Waals surface area contributed by atoms with Crippen molar-refractivity contribution >= 4 is 0 Å². The van der Waals surface area contributed by atoms with Gasteiger partial charge in [-0.25, -0.2) is 4.68 Å². The zero-order valence-corrected chi connectivity index (χ0v) is 14.4. The second-order valence-corrected chi connectivity index (χ2v) is 7.55. The number of hydrogen-bond donors (Lipinski definition) is 2. The fraction of sp³-hybridized carbons (Fsp3) is 0.500. The minimum atomic E-state index is -0.861. The molecule has 2 heterocycles. The van der Waals surface area contributed by atoms with Gasteiger partial charge in [0.05, 0.1) is 18.3 Å². The molecule has 0 radical (unpaired) electrons. The Bertz CT molecular complexity index is 796. The Labute approximate surface area is 147 Å². The van der Waals surface area contributed by atoms with Crippen molar-refractivity contribution in [2.45, 2.75) is 44.2 Å². The highest BCUT2D eigenvalue weighted by Crippen LogP contribution is 2.49. The van der Waals surface area contributed by atoms with Gasteiger partial charge in [0.1, 0.15) is 0 Å². The minimum absolute atomic E-state index is 0.121. The predicted molar refractivity (Wildman–Crippen MR) is 97.3 cm³/mol. The fourth-order valence-corrected chi connectivity index (χ4v) is 4.58. The molecule has 2 aliphatic rings. The maximum Gasteiger partial charge on any atom is 0.267 e. The molecular weight excluding hydrogens is 314 g/mol. The molecule has 2 aromatic rings. The highest BCUT2D eigenvalue weighted by molar-refractivity contribution is 5.61. The Morgan fingerprint density at radius 1 is 1.12 bits per heavy atom. The summed E-state index contributed by atoms with van der Waals surface area (Å²) in [5, 5.41) is 19.3. The summed E-state index contributed by atoms with van der Waals surface area (Å²) in [6.07, 6.45) is 6.74. The minimum Gasteiger partial charge on any atom is -0.387 e. The summed E-state index contributed by atoms with van der Waals surface area (Å²) in [6.45, 7) is 1.90. The summed E-state index contributed by atoms with van der Waals surface area (Å²) >= 11 is 0. The van der Waals surface area contributed by atoms with Gasteiger partial charge in [0, 0.05) is 23.6 Å². The van der Waals surface area contributed by atoms with Crippen LogP contribution in [0.4, 0.5) is 0 Å². The normalized spacial score (nSPS) is 25.3. The van der Waals surface area contributed by atoms with Crippen LogP contribution in [0.5, 0.6) is 0 Å². The summed E-state index contributed by atoms with van der Waals surface area (Å²) in [7, 11) is 0. The number of nitrogens with one attached hydrogen (secondary N) is 1. The topological polar surface area (TPSA) is 67.2 Å². The summed E-state index contributed by atoms with van der Waals surface area (Å²) < 4.78 is 1.44. The van der Waals surface area contributed by atoms with Crippen molar-refractivity contribution in [3.05, 3.63) is 52.9 Å². The lowest BCUT2D eigenvalue weighted by atomic mass is 9.66. The van der Waals surface area contributed by atoms with E-state index in [0.29, 0.717) is 6.42 Å². The molecule has 0 bridgehead atoms. The lowest BCUT2D eigenvalue weighted by Gasteiger charge is -2.49. The lowest BCUT2D eigenvalue weighted by molar-refractivity contribution is -0.117. The quantitative estimate of drug-likeness (QED) is 0.900. The zero-order chi connectivity index (χ0) is 17.3. The molecule has 1 unspecified atom stereocenters. The van der Waals surface area contributed by atoms with Crippen LogP contribution in [0.2, 0.25) is 0 Å². The third-order valence-corrected chi connectivity index (χ3v) is 6.11. The second-order valence-electron chi connectivity index (χ2n) is 7.55. The van der Waals surface area contributed by atoms with Crippen LogP contribution < -0.4 is 10.9 Å². The Morgan fingerprint density at radius 2 is 1.88 bits per heavy atom. The van der Waals surface area contributed by atoms with Crippen LogP contribution in [-0.4, -0.2) is 33.6 Å². The Balaban J connectivity index is 1.63. The number of nitrogens with zero attached hydrogens (tertiary/aromatic N) is 2. The van der Waals surface area contributed by atoms with Crippen LogP contribution in [0.25, 0.3) is 11.1 Å². The molecule has 1 aliphatic heterocycles. The standard InChI is InChI=1S/C20H25N3O2/c24-18-12-17(16-6-2-1-3-7-16)13-22-23(18)15-20(25)10-11-21-14-19(20)8-4-5-9-19/h1-3,6-7,12-13,21,25H,4-5,8-11,14-15H2. The van der Waals surface area contributed by atoms with Gasteiger partial charge in [-0.15, -0.1) is 0 Å². The van der Waals surface area contributed by atoms with E-state index in [1.165, 1.54) is 4.68 Å². The van der Waals surface area contributed by atoms with E-state index in [9.17, 15) is 9.90 Å². The fourth-order valence-electron chi connectivity index (χ4n) is 4.58. The average Bonchev–Trinajstić information content (AvgIpc) is 3.11. The third kappa shape index (κ3) is 2.92. The number of aromatic nitrogens is 2. The van der Waals surface area contributed by atoms with Crippen molar-refractivity contribution in [3.8, 4) is 11.1 Å². The van der Waals surface area contributed by atoms with Crippen LogP contribution >= 0.6 is 0 Å². The maximum absolute atomic E-state index is 12.6. The van der Waals surface area contributed by atoms with Gasteiger partial charge in [0.25, 0.3) is 5.56 Å². The first-order chi connectivity index (χ1) is 12.1. The summed E-state index contributed by atoms with van der Waals surface area (Å²) in [5.74, 6) is 0. The van der Waals surface area contributed by atoms with Crippen molar-refractivity contribution in [3.63, 3.8) is 0 Å². The lowest BCUT2D eigenvalue weighted by Crippen LogP contribution is -2.60. The maximum atomic E-state index is 12.6. The molecule has 1 saturated carbocycles. The molecule has 1 aliphatic carbocycles. The van der Waals surface area contributed by atoms with E-state index >= 15 is 0 Å². The van der Waals surface area contributed by atoms with Crippen LogP contribution in [0.1, 0.15) is 32.1 Å². The van der Waals surface area contributed by atoms with E-state index in [4.69, 9.17) is 0 Å². The third-order valence-electron chi connectivity index (χ3n) is 6.11. The van der Waals surface area contributed by atoms with Gasteiger partial charge in [-0.3, -0.25) is 4.79 Å². The number of hydrogen-bond acceptors (Lipinski definition) is 4. The van der Waals surface area contributed by atoms with Gasteiger partial charge in [-0.1, -0.05) is 43.2 Å². The number of rotatable bonds is 3. The van der Waals surface area contributed by atoms with E-state index in [0.717, 1.165) is 49.9 Å². The van der Waals surface area contributed by atoms with Gasteiger partial charge in [-0.2, -0.15) is 5.10 Å². The molecule has 1 spiro atoms. The van der Waals surface area contributed by atoms with E-state index in [1.807, 2.05) is 30.3 Å². The van der Waals surface area contributed by atoms with Crippen LogP contribution in [0.3, 0.4) is 0 Å². The molecule has 1 saturated heterocycles. The second kappa shape index (κ2) is 6.39. The molecule has 2 N–H and O–H groups in total. The molecule has 5 heteroatoms. The first kappa shape index (κ1) is 16.5. The smallest absolute Gasteiger partial charge is 0.267 e. The van der Waals surface area contributed by atoms with E-state index in [2.05, 4.69) is 10.4 Å².